The fourth-order valence-electron chi connectivity index (χ4n) is 9.53. The molecule has 4 aliphatic rings. The lowest BCUT2D eigenvalue weighted by molar-refractivity contribution is -0.0366. The van der Waals surface area contributed by atoms with Gasteiger partial charge in [0.2, 0.25) is 5.88 Å². The minimum atomic E-state index is -0.948. The van der Waals surface area contributed by atoms with Crippen LogP contribution in [0.15, 0.2) is 24.5 Å². The molecule has 0 bridgehead atoms. The highest BCUT2D eigenvalue weighted by molar-refractivity contribution is 6.34. The molecule has 4 aliphatic heterocycles. The molecule has 4 atom stereocenters. The molecule has 4 aromatic rings. The maximum absolute atomic E-state index is 17.5. The molecule has 8 rings (SSSR count). The first kappa shape index (κ1) is 46.7. The van der Waals surface area contributed by atoms with Gasteiger partial charge in [0.15, 0.2) is 12.0 Å². The summed E-state index contributed by atoms with van der Waals surface area (Å²) in [6.07, 6.45) is 10.8. The van der Waals surface area contributed by atoms with Crippen LogP contribution in [0.5, 0.6) is 11.9 Å². The molecule has 0 radical (unpaired) electrons. The van der Waals surface area contributed by atoms with E-state index >= 15 is 4.39 Å². The van der Waals surface area contributed by atoms with Crippen molar-refractivity contribution in [2.24, 2.45) is 0 Å². The van der Waals surface area contributed by atoms with E-state index in [9.17, 15) is 14.0 Å². The van der Waals surface area contributed by atoms with Crippen LogP contribution in [-0.4, -0.2) is 121 Å². The Morgan fingerprint density at radius 1 is 1.05 bits per heavy atom. The molecule has 15 nitrogen and oxygen atoms in total. The number of fused-ring (bicyclic) bond motifs is 3. The molecule has 1 unspecified atom stereocenters. The summed E-state index contributed by atoms with van der Waals surface area (Å²) in [6.45, 7) is 15.7. The average Bonchev–Trinajstić information content (AvgIpc) is 3.91. The third-order valence-corrected chi connectivity index (χ3v) is 12.7. The second-order valence-corrected chi connectivity index (χ2v) is 20.5. The number of pyridine rings is 1. The monoisotopic (exact) mass is 922 g/mol. The third-order valence-electron chi connectivity index (χ3n) is 12.4. The number of amides is 2. The van der Waals surface area contributed by atoms with Gasteiger partial charge in [-0.2, -0.15) is 15.1 Å². The lowest BCUT2D eigenvalue weighted by Crippen LogP contribution is -2.58. The lowest BCUT2D eigenvalue weighted by atomic mass is 9.91. The first-order chi connectivity index (χ1) is 30.8. The summed E-state index contributed by atoms with van der Waals surface area (Å²) in [5, 5.41) is 8.81. The number of alkyl carbamates (subject to hydrolysis) is 1. The van der Waals surface area contributed by atoms with E-state index in [2.05, 4.69) is 20.2 Å². The summed E-state index contributed by atoms with van der Waals surface area (Å²) in [5.41, 5.74) is -1.14. The number of aromatic nitrogens is 5. The highest BCUT2D eigenvalue weighted by Gasteiger charge is 2.49. The van der Waals surface area contributed by atoms with Crippen LogP contribution in [0, 0.1) is 5.82 Å². The van der Waals surface area contributed by atoms with Crippen LogP contribution in [0.4, 0.5) is 18.4 Å². The number of nitrogens with zero attached hydrogens (tertiary/aromatic N) is 7. The Balaban J connectivity index is 1.08. The molecule has 18 heteroatoms. The van der Waals surface area contributed by atoms with Gasteiger partial charge < -0.3 is 33.9 Å². The number of nitrogens with one attached hydrogen (secondary N) is 1. The second-order valence-electron chi connectivity index (χ2n) is 20.1. The average molecular weight is 924 g/mol. The smallest absolute Gasteiger partial charge is 0.410 e. The van der Waals surface area contributed by atoms with E-state index in [0.717, 1.165) is 38.6 Å². The fraction of sp³-hybridized carbons (Fsp3) is 0.617. The van der Waals surface area contributed by atoms with Crippen molar-refractivity contribution in [3.63, 3.8) is 0 Å². The van der Waals surface area contributed by atoms with Gasteiger partial charge in [-0.1, -0.05) is 23.8 Å². The third kappa shape index (κ3) is 10.4. The minimum absolute atomic E-state index is 0.0320. The van der Waals surface area contributed by atoms with Gasteiger partial charge in [0.05, 0.1) is 39.8 Å². The van der Waals surface area contributed by atoms with Crippen molar-refractivity contribution in [1.29, 1.82) is 0 Å². The first-order valence-corrected chi connectivity index (χ1v) is 23.2. The molecular formula is C47H61ClF2N8O7. The van der Waals surface area contributed by atoms with Crippen LogP contribution in [-0.2, 0) is 14.2 Å². The molecule has 4 saturated heterocycles. The Morgan fingerprint density at radius 3 is 2.60 bits per heavy atom. The number of carbonyl (C=O) groups is 2. The zero-order valence-electron chi connectivity index (χ0n) is 38.5. The van der Waals surface area contributed by atoms with Gasteiger partial charge in [-0.15, -0.1) is 0 Å². The number of halogens is 3. The quantitative estimate of drug-likeness (QED) is 0.143. The number of hydrogen-bond donors (Lipinski definition) is 1. The number of piperidine rings is 1. The molecule has 0 aliphatic carbocycles. The van der Waals surface area contributed by atoms with E-state index in [-0.39, 0.29) is 54.5 Å². The van der Waals surface area contributed by atoms with Crippen molar-refractivity contribution < 1.29 is 42.1 Å². The van der Waals surface area contributed by atoms with E-state index in [1.807, 2.05) is 48.5 Å². The predicted octanol–water partition coefficient (Wildman–Crippen LogP) is 9.58. The van der Waals surface area contributed by atoms with Crippen LogP contribution in [0.2, 0.25) is 5.02 Å². The normalized spacial score (nSPS) is 24.2. The fourth-order valence-corrected chi connectivity index (χ4v) is 9.79. The number of ether oxygens (including phenoxy) is 5. The van der Waals surface area contributed by atoms with Gasteiger partial charge in [0.1, 0.15) is 35.2 Å². The Morgan fingerprint density at radius 2 is 1.85 bits per heavy atom. The maximum Gasteiger partial charge on any atom is 0.410 e. The maximum atomic E-state index is 17.5. The standard InChI is InChI=1S/C47H61ClF2N8O7/c1-44(2,3)64-40-32-24-51-39(37(50)38(32)53-41(54-40)63-28-47-17-13-19-57(47)26-29(49)23-47)36-30(33(48)22-34-31(36)25-52-58(34)35-15-9-11-20-61-35)14-8-10-21-62-42(59)55-46(7)16-12-18-56(27-46)43(60)65-45(4,5)6/h8,14,22,24-25,29,35H,9-13,15-21,23,26-28H2,1-7H3,(H,55,59)/b14-8-/t29-,35?,46-,47+/m1/s1. The number of likely N-dealkylation sites (tertiary alicyclic amines) is 1. The van der Waals surface area contributed by atoms with E-state index in [1.165, 1.54) is 6.20 Å². The molecule has 352 valence electrons. The van der Waals surface area contributed by atoms with Crippen molar-refractivity contribution in [1.82, 2.24) is 39.8 Å². The van der Waals surface area contributed by atoms with Gasteiger partial charge in [0, 0.05) is 55.4 Å². The molecular weight excluding hydrogens is 862 g/mol. The minimum Gasteiger partial charge on any atom is -0.471 e. The summed E-state index contributed by atoms with van der Waals surface area (Å²) in [6, 6.07) is 1.70. The highest BCUT2D eigenvalue weighted by atomic mass is 35.5. The van der Waals surface area contributed by atoms with E-state index in [4.69, 9.17) is 45.4 Å². The zero-order valence-corrected chi connectivity index (χ0v) is 39.2. The van der Waals surface area contributed by atoms with Crippen LogP contribution in [0.1, 0.15) is 118 Å². The van der Waals surface area contributed by atoms with Crippen molar-refractivity contribution in [2.75, 3.05) is 46.0 Å². The number of benzene rings is 1. The second kappa shape index (κ2) is 18.4. The summed E-state index contributed by atoms with van der Waals surface area (Å²) < 4.78 is 63.7. The zero-order chi connectivity index (χ0) is 46.3. The van der Waals surface area contributed by atoms with Gasteiger partial charge in [-0.3, -0.25) is 9.88 Å². The van der Waals surface area contributed by atoms with Crippen molar-refractivity contribution in [3.8, 4) is 23.1 Å². The van der Waals surface area contributed by atoms with Crippen molar-refractivity contribution >= 4 is 51.7 Å². The summed E-state index contributed by atoms with van der Waals surface area (Å²) in [5.74, 6) is -0.647. The Bertz CT molecular complexity index is 2450. The van der Waals surface area contributed by atoms with Gasteiger partial charge in [-0.05, 0) is 112 Å². The molecule has 65 heavy (non-hydrogen) atoms. The number of carbonyl (C=O) groups excluding carboxylic acids is 2. The Kier molecular flexibility index (Phi) is 13.2. The predicted molar refractivity (Wildman–Crippen MR) is 242 cm³/mol. The largest absolute Gasteiger partial charge is 0.471 e. The molecule has 1 N–H and O–H groups in total. The van der Waals surface area contributed by atoms with Crippen LogP contribution in [0.25, 0.3) is 39.1 Å². The molecule has 2 amide bonds. The molecule has 7 heterocycles. The highest BCUT2D eigenvalue weighted by Crippen LogP contribution is 2.43. The molecule has 3 aromatic heterocycles. The molecule has 0 spiro atoms. The number of hydrogen-bond acceptors (Lipinski definition) is 12. The molecule has 0 saturated carbocycles. The van der Waals surface area contributed by atoms with Crippen LogP contribution < -0.4 is 14.8 Å². The lowest BCUT2D eigenvalue weighted by Gasteiger charge is -2.40. The summed E-state index contributed by atoms with van der Waals surface area (Å²) in [4.78, 5) is 43.4. The van der Waals surface area contributed by atoms with Gasteiger partial charge in [-0.25, -0.2) is 23.1 Å². The van der Waals surface area contributed by atoms with E-state index in [0.29, 0.717) is 72.4 Å². The van der Waals surface area contributed by atoms with Crippen molar-refractivity contribution in [2.45, 2.75) is 141 Å². The Labute approximate surface area is 383 Å². The van der Waals surface area contributed by atoms with Gasteiger partial charge in [0.25, 0.3) is 0 Å². The number of alkyl halides is 1. The molecule has 4 fully saturated rings. The van der Waals surface area contributed by atoms with Crippen LogP contribution in [0.3, 0.4) is 0 Å². The van der Waals surface area contributed by atoms with E-state index in [1.54, 1.807) is 34.0 Å². The van der Waals surface area contributed by atoms with E-state index < -0.39 is 46.5 Å². The van der Waals surface area contributed by atoms with Crippen molar-refractivity contribution in [3.05, 3.63) is 40.9 Å². The topological polar surface area (TPSA) is 155 Å². The summed E-state index contributed by atoms with van der Waals surface area (Å²) in [7, 11) is 0. The SMILES string of the molecule is CC(C)(C)OC(=O)N1CCC[C@@](C)(NC(=O)OCC/C=C\c2c(Cl)cc3c(cnn3C3CCCCO3)c2-c2ncc3c(OC(C)(C)C)nc(OC[C@@]45CCCN4C[C@H](F)C5)nc3c2F)C1. The van der Waals surface area contributed by atoms with Crippen LogP contribution >= 0.6 is 11.6 Å². The van der Waals surface area contributed by atoms with Gasteiger partial charge >= 0.3 is 18.2 Å². The Hall–Kier alpha value is -4.87. The summed E-state index contributed by atoms with van der Waals surface area (Å²) >= 11 is 7.12. The molecule has 1 aromatic carbocycles. The first-order valence-electron chi connectivity index (χ1n) is 22.8. The number of rotatable bonds is 11.